The van der Waals surface area contributed by atoms with Gasteiger partial charge in [0.25, 0.3) is 0 Å². The number of carboxylic acids is 1. The summed E-state index contributed by atoms with van der Waals surface area (Å²) in [5, 5.41) is 11.4. The van der Waals surface area contributed by atoms with Crippen LogP contribution in [0.1, 0.15) is 30.6 Å². The molecule has 1 amide bonds. The summed E-state index contributed by atoms with van der Waals surface area (Å²) in [7, 11) is -1.70. The lowest BCUT2D eigenvalue weighted by Crippen LogP contribution is -2.29. The molecule has 0 aliphatic heterocycles. The number of rotatable bonds is 7. The quantitative estimate of drug-likeness (QED) is 0.803. The molecular formula is C14H18FNO4S. The number of carboxylic acid groups (broad SMARTS) is 1. The van der Waals surface area contributed by atoms with Crippen molar-refractivity contribution >= 4 is 22.7 Å². The summed E-state index contributed by atoms with van der Waals surface area (Å²) in [6.07, 6.45) is 0.818. The Balaban J connectivity index is 2.65. The first kappa shape index (κ1) is 17.3. The Morgan fingerprint density at radius 3 is 2.62 bits per heavy atom. The van der Waals surface area contributed by atoms with Crippen molar-refractivity contribution in [2.45, 2.75) is 25.2 Å². The zero-order valence-electron chi connectivity index (χ0n) is 11.9. The van der Waals surface area contributed by atoms with Crippen LogP contribution in [0.2, 0.25) is 0 Å². The van der Waals surface area contributed by atoms with E-state index in [0.717, 1.165) is 18.6 Å². The first-order valence-electron chi connectivity index (χ1n) is 6.49. The predicted molar refractivity (Wildman–Crippen MR) is 77.1 cm³/mol. The van der Waals surface area contributed by atoms with Crippen LogP contribution in [0.4, 0.5) is 4.39 Å². The van der Waals surface area contributed by atoms with Gasteiger partial charge in [0.15, 0.2) is 0 Å². The first-order valence-corrected chi connectivity index (χ1v) is 7.81. The summed E-state index contributed by atoms with van der Waals surface area (Å²) in [5.41, 5.74) is -0.555. The van der Waals surface area contributed by atoms with Crippen LogP contribution in [-0.4, -0.2) is 33.5 Å². The van der Waals surface area contributed by atoms with E-state index >= 15 is 0 Å². The standard InChI is InChI=1S/C14H18FNO4S/c1-9(2)5-6-16-13(17)8-21(20)10-3-4-12(15)11(7-10)14(18)19/h3-4,7,9H,5-6,8H2,1-2H3,(H,16,17)(H,18,19). The molecule has 1 aromatic rings. The SMILES string of the molecule is CC(C)CCNC(=O)CS(=O)c1ccc(F)c(C(=O)O)c1. The van der Waals surface area contributed by atoms with Crippen LogP contribution in [0, 0.1) is 11.7 Å². The van der Waals surface area contributed by atoms with Crippen LogP contribution in [-0.2, 0) is 15.6 Å². The Morgan fingerprint density at radius 1 is 1.38 bits per heavy atom. The van der Waals surface area contributed by atoms with Crippen LogP contribution in [0.25, 0.3) is 0 Å². The third-order valence-electron chi connectivity index (χ3n) is 2.74. The van der Waals surface area contributed by atoms with Gasteiger partial charge in [0, 0.05) is 11.4 Å². The lowest BCUT2D eigenvalue weighted by atomic mass is 10.1. The van der Waals surface area contributed by atoms with E-state index in [1.165, 1.54) is 6.07 Å². The van der Waals surface area contributed by atoms with Gasteiger partial charge < -0.3 is 10.4 Å². The molecule has 1 rings (SSSR count). The molecule has 0 aliphatic rings. The van der Waals surface area contributed by atoms with E-state index < -0.39 is 28.1 Å². The molecule has 0 aliphatic carbocycles. The highest BCUT2D eigenvalue weighted by Crippen LogP contribution is 2.14. The fourth-order valence-corrected chi connectivity index (χ4v) is 2.54. The van der Waals surface area contributed by atoms with Crippen molar-refractivity contribution in [1.82, 2.24) is 5.32 Å². The summed E-state index contributed by atoms with van der Waals surface area (Å²) in [4.78, 5) is 22.5. The molecule has 0 saturated carbocycles. The third-order valence-corrected chi connectivity index (χ3v) is 4.04. The Kier molecular flexibility index (Phi) is 6.48. The molecule has 21 heavy (non-hydrogen) atoms. The average Bonchev–Trinajstić information content (AvgIpc) is 2.38. The molecule has 0 bridgehead atoms. The van der Waals surface area contributed by atoms with Gasteiger partial charge in [0.1, 0.15) is 11.6 Å². The molecule has 0 radical (unpaired) electrons. The number of hydrogen-bond acceptors (Lipinski definition) is 3. The number of aromatic carboxylic acids is 1. The minimum Gasteiger partial charge on any atom is -0.478 e. The van der Waals surface area contributed by atoms with Crippen molar-refractivity contribution in [3.63, 3.8) is 0 Å². The van der Waals surface area contributed by atoms with Crippen molar-refractivity contribution in [3.05, 3.63) is 29.6 Å². The van der Waals surface area contributed by atoms with Gasteiger partial charge >= 0.3 is 5.97 Å². The van der Waals surface area contributed by atoms with Gasteiger partial charge in [0.2, 0.25) is 5.91 Å². The molecule has 0 fully saturated rings. The number of halogens is 1. The second-order valence-electron chi connectivity index (χ2n) is 4.97. The van der Waals surface area contributed by atoms with Gasteiger partial charge in [-0.25, -0.2) is 9.18 Å². The van der Waals surface area contributed by atoms with Gasteiger partial charge in [-0.2, -0.15) is 0 Å². The minimum absolute atomic E-state index is 0.118. The molecule has 0 aromatic heterocycles. The maximum absolute atomic E-state index is 13.2. The van der Waals surface area contributed by atoms with Crippen LogP contribution in [0.15, 0.2) is 23.1 Å². The van der Waals surface area contributed by atoms with Crippen molar-refractivity contribution in [2.75, 3.05) is 12.3 Å². The average molecular weight is 315 g/mol. The maximum Gasteiger partial charge on any atom is 0.338 e. The molecule has 1 atom stereocenters. The number of benzene rings is 1. The fourth-order valence-electron chi connectivity index (χ4n) is 1.56. The van der Waals surface area contributed by atoms with Gasteiger partial charge in [0.05, 0.1) is 16.4 Å². The second kappa shape index (κ2) is 7.87. The van der Waals surface area contributed by atoms with E-state index in [-0.39, 0.29) is 16.6 Å². The van der Waals surface area contributed by atoms with E-state index in [4.69, 9.17) is 5.11 Å². The van der Waals surface area contributed by atoms with Crippen LogP contribution in [0.3, 0.4) is 0 Å². The van der Waals surface area contributed by atoms with Crippen LogP contribution in [0.5, 0.6) is 0 Å². The Bertz CT molecular complexity index is 560. The molecule has 0 heterocycles. The highest BCUT2D eigenvalue weighted by molar-refractivity contribution is 7.85. The van der Waals surface area contributed by atoms with Gasteiger partial charge in [-0.1, -0.05) is 13.8 Å². The fraction of sp³-hybridized carbons (Fsp3) is 0.429. The molecule has 2 N–H and O–H groups in total. The first-order chi connectivity index (χ1) is 9.81. The summed E-state index contributed by atoms with van der Waals surface area (Å²) in [6.45, 7) is 4.55. The topological polar surface area (TPSA) is 83.5 Å². The maximum atomic E-state index is 13.2. The summed E-state index contributed by atoms with van der Waals surface area (Å²) in [6, 6.07) is 3.15. The molecule has 5 nitrogen and oxygen atoms in total. The highest BCUT2D eigenvalue weighted by Gasteiger charge is 2.15. The zero-order valence-corrected chi connectivity index (χ0v) is 12.7. The van der Waals surface area contributed by atoms with Gasteiger partial charge in [-0.3, -0.25) is 9.00 Å². The van der Waals surface area contributed by atoms with E-state index in [1.54, 1.807) is 0 Å². The molecule has 0 spiro atoms. The minimum atomic E-state index is -1.70. The smallest absolute Gasteiger partial charge is 0.338 e. The molecule has 116 valence electrons. The number of carbonyl (C=O) groups is 2. The Labute approximate surface area is 125 Å². The highest BCUT2D eigenvalue weighted by atomic mass is 32.2. The van der Waals surface area contributed by atoms with E-state index in [1.807, 2.05) is 13.8 Å². The van der Waals surface area contributed by atoms with Crippen molar-refractivity contribution < 1.29 is 23.3 Å². The lowest BCUT2D eigenvalue weighted by molar-refractivity contribution is -0.118. The Morgan fingerprint density at radius 2 is 2.05 bits per heavy atom. The van der Waals surface area contributed by atoms with Crippen molar-refractivity contribution in [3.8, 4) is 0 Å². The molecule has 1 aromatic carbocycles. The third kappa shape index (κ3) is 5.63. The Hall–Kier alpha value is -1.76. The normalized spacial score (nSPS) is 12.2. The summed E-state index contributed by atoms with van der Waals surface area (Å²) >= 11 is 0. The molecular weight excluding hydrogens is 297 g/mol. The van der Waals surface area contributed by atoms with E-state index in [2.05, 4.69) is 5.32 Å². The van der Waals surface area contributed by atoms with Crippen molar-refractivity contribution in [1.29, 1.82) is 0 Å². The van der Waals surface area contributed by atoms with Crippen LogP contribution >= 0.6 is 0 Å². The van der Waals surface area contributed by atoms with E-state index in [9.17, 15) is 18.2 Å². The molecule has 1 unspecified atom stereocenters. The van der Waals surface area contributed by atoms with Gasteiger partial charge in [-0.15, -0.1) is 0 Å². The number of hydrogen-bond donors (Lipinski definition) is 2. The zero-order chi connectivity index (χ0) is 16.0. The number of amides is 1. The largest absolute Gasteiger partial charge is 0.478 e. The second-order valence-corrected chi connectivity index (χ2v) is 6.42. The lowest BCUT2D eigenvalue weighted by Gasteiger charge is -2.07. The van der Waals surface area contributed by atoms with Gasteiger partial charge in [-0.05, 0) is 30.5 Å². The van der Waals surface area contributed by atoms with Crippen LogP contribution < -0.4 is 5.32 Å². The molecule has 7 heteroatoms. The monoisotopic (exact) mass is 315 g/mol. The molecule has 0 saturated heterocycles. The van der Waals surface area contributed by atoms with E-state index in [0.29, 0.717) is 12.5 Å². The van der Waals surface area contributed by atoms with Crippen molar-refractivity contribution in [2.24, 2.45) is 5.92 Å². The summed E-state index contributed by atoms with van der Waals surface area (Å²) in [5.74, 6) is -2.54. The summed E-state index contributed by atoms with van der Waals surface area (Å²) < 4.78 is 25.2. The predicted octanol–water partition coefficient (Wildman–Crippen LogP) is 1.79. The number of nitrogens with one attached hydrogen (secondary N) is 1. The number of carbonyl (C=O) groups excluding carboxylic acids is 1.